The van der Waals surface area contributed by atoms with Crippen LogP contribution in [0.2, 0.25) is 0 Å². The third kappa shape index (κ3) is 4.10. The molecule has 0 bridgehead atoms. The van der Waals surface area contributed by atoms with Crippen LogP contribution >= 0.6 is 0 Å². The molecule has 0 aliphatic carbocycles. The molecule has 2 aromatic rings. The first-order valence-corrected chi connectivity index (χ1v) is 6.29. The summed E-state index contributed by atoms with van der Waals surface area (Å²) < 4.78 is 24.0. The summed E-state index contributed by atoms with van der Waals surface area (Å²) in [5.74, 6) is 0.440. The summed E-state index contributed by atoms with van der Waals surface area (Å²) in [4.78, 5) is 0. The highest BCUT2D eigenvalue weighted by molar-refractivity contribution is 5.97. The normalized spacial score (nSPS) is 11.2. The van der Waals surface area contributed by atoms with Crippen LogP contribution in [0.1, 0.15) is 5.56 Å². The molecular weight excluding hydrogens is 275 g/mol. The van der Waals surface area contributed by atoms with E-state index in [1.165, 1.54) is 6.07 Å². The number of ether oxygens (including phenoxy) is 2. The maximum atomic E-state index is 13.3. The van der Waals surface area contributed by atoms with E-state index < -0.39 is 5.82 Å². The molecular formula is C15H15FN2O3. The Labute approximate surface area is 121 Å². The maximum absolute atomic E-state index is 13.3. The Hall–Kier alpha value is -2.76. The van der Waals surface area contributed by atoms with Crippen LogP contribution in [0.4, 0.5) is 4.39 Å². The van der Waals surface area contributed by atoms with Crippen molar-refractivity contribution in [3.8, 4) is 11.5 Å². The molecule has 0 atom stereocenters. The molecule has 0 heterocycles. The van der Waals surface area contributed by atoms with Crippen molar-refractivity contribution in [3.05, 3.63) is 59.9 Å². The lowest BCUT2D eigenvalue weighted by molar-refractivity contribution is 0.211. The zero-order valence-corrected chi connectivity index (χ0v) is 11.2. The van der Waals surface area contributed by atoms with Crippen LogP contribution in [0, 0.1) is 5.82 Å². The first kappa shape index (κ1) is 14.6. The van der Waals surface area contributed by atoms with E-state index in [9.17, 15) is 4.39 Å². The number of nitrogens with two attached hydrogens (primary N) is 1. The van der Waals surface area contributed by atoms with Crippen LogP contribution in [0.25, 0.3) is 0 Å². The number of amidine groups is 1. The molecule has 0 aliphatic heterocycles. The highest BCUT2D eigenvalue weighted by atomic mass is 19.1. The number of nitrogens with zero attached hydrogens (tertiary/aromatic N) is 1. The summed E-state index contributed by atoms with van der Waals surface area (Å²) in [6.07, 6.45) is 0. The molecule has 0 spiro atoms. The van der Waals surface area contributed by atoms with Gasteiger partial charge in [0, 0.05) is 5.56 Å². The van der Waals surface area contributed by atoms with Crippen molar-refractivity contribution in [1.82, 2.24) is 0 Å². The zero-order valence-electron chi connectivity index (χ0n) is 11.2. The molecule has 0 fully saturated rings. The average Bonchev–Trinajstić information content (AvgIpc) is 2.53. The van der Waals surface area contributed by atoms with Gasteiger partial charge in [0.15, 0.2) is 17.4 Å². The predicted molar refractivity (Wildman–Crippen MR) is 76.3 cm³/mol. The van der Waals surface area contributed by atoms with Crippen LogP contribution in [0.3, 0.4) is 0 Å². The fraction of sp³-hybridized carbons (Fsp3) is 0.133. The third-order valence-electron chi connectivity index (χ3n) is 2.70. The molecule has 110 valence electrons. The second-order valence-electron chi connectivity index (χ2n) is 4.14. The first-order valence-electron chi connectivity index (χ1n) is 6.29. The molecule has 0 unspecified atom stereocenters. The van der Waals surface area contributed by atoms with Crippen LogP contribution in [-0.2, 0) is 0 Å². The van der Waals surface area contributed by atoms with Gasteiger partial charge in [0.2, 0.25) is 0 Å². The molecule has 3 N–H and O–H groups in total. The van der Waals surface area contributed by atoms with Gasteiger partial charge in [0.25, 0.3) is 0 Å². The van der Waals surface area contributed by atoms with E-state index in [4.69, 9.17) is 20.4 Å². The fourth-order valence-corrected chi connectivity index (χ4v) is 1.65. The molecule has 6 heteroatoms. The van der Waals surface area contributed by atoms with Gasteiger partial charge >= 0.3 is 0 Å². The van der Waals surface area contributed by atoms with E-state index in [-0.39, 0.29) is 24.8 Å². The molecule has 0 aliphatic rings. The fourth-order valence-electron chi connectivity index (χ4n) is 1.65. The molecule has 0 saturated carbocycles. The van der Waals surface area contributed by atoms with E-state index in [0.717, 1.165) is 0 Å². The van der Waals surface area contributed by atoms with Gasteiger partial charge in [-0.25, -0.2) is 4.39 Å². The van der Waals surface area contributed by atoms with Crippen molar-refractivity contribution >= 4 is 5.84 Å². The lowest BCUT2D eigenvalue weighted by Gasteiger charge is -2.09. The summed E-state index contributed by atoms with van der Waals surface area (Å²) in [6, 6.07) is 12.9. The first-order chi connectivity index (χ1) is 10.2. The van der Waals surface area contributed by atoms with Crippen molar-refractivity contribution < 1.29 is 19.1 Å². The lowest BCUT2D eigenvalue weighted by Crippen LogP contribution is -2.13. The number of hydrogen-bond acceptors (Lipinski definition) is 4. The van der Waals surface area contributed by atoms with Crippen molar-refractivity contribution in [2.24, 2.45) is 10.9 Å². The van der Waals surface area contributed by atoms with Crippen LogP contribution in [0.15, 0.2) is 53.7 Å². The molecule has 0 saturated heterocycles. The summed E-state index contributed by atoms with van der Waals surface area (Å²) in [5.41, 5.74) is 6.04. The summed E-state index contributed by atoms with van der Waals surface area (Å²) in [5, 5.41) is 11.4. The van der Waals surface area contributed by atoms with Crippen molar-refractivity contribution in [1.29, 1.82) is 0 Å². The minimum absolute atomic E-state index is 0.0319. The van der Waals surface area contributed by atoms with Crippen molar-refractivity contribution in [2.75, 3.05) is 13.2 Å². The molecule has 0 amide bonds. The lowest BCUT2D eigenvalue weighted by atomic mass is 10.2. The quantitative estimate of drug-likeness (QED) is 0.281. The maximum Gasteiger partial charge on any atom is 0.170 e. The van der Waals surface area contributed by atoms with Crippen molar-refractivity contribution in [2.45, 2.75) is 0 Å². The Morgan fingerprint density at radius 2 is 1.71 bits per heavy atom. The second kappa shape index (κ2) is 7.14. The van der Waals surface area contributed by atoms with E-state index >= 15 is 0 Å². The van der Waals surface area contributed by atoms with Gasteiger partial charge in [-0.1, -0.05) is 17.3 Å². The van der Waals surface area contributed by atoms with Crippen LogP contribution in [0.5, 0.6) is 11.5 Å². The van der Waals surface area contributed by atoms with Gasteiger partial charge in [0.1, 0.15) is 19.0 Å². The summed E-state index contributed by atoms with van der Waals surface area (Å²) in [7, 11) is 0. The van der Waals surface area contributed by atoms with Crippen LogP contribution < -0.4 is 15.2 Å². The van der Waals surface area contributed by atoms with Gasteiger partial charge in [-0.2, -0.15) is 0 Å². The SMILES string of the molecule is NC(=NO)c1ccc(OCCOc2ccccc2F)cc1. The Balaban J connectivity index is 1.80. The summed E-state index contributed by atoms with van der Waals surface area (Å²) >= 11 is 0. The number of oxime groups is 1. The minimum atomic E-state index is -0.402. The number of halogens is 1. The Bertz CT molecular complexity index is 615. The Morgan fingerprint density at radius 1 is 1.05 bits per heavy atom. The monoisotopic (exact) mass is 290 g/mol. The second-order valence-corrected chi connectivity index (χ2v) is 4.14. The summed E-state index contributed by atoms with van der Waals surface area (Å²) in [6.45, 7) is 0.500. The highest BCUT2D eigenvalue weighted by Crippen LogP contribution is 2.15. The number of rotatable bonds is 6. The molecule has 21 heavy (non-hydrogen) atoms. The number of hydrogen-bond donors (Lipinski definition) is 2. The standard InChI is InChI=1S/C15H15FN2O3/c16-13-3-1-2-4-14(13)21-10-9-20-12-7-5-11(6-8-12)15(17)18-19/h1-8,19H,9-10H2,(H2,17,18). The van der Waals surface area contributed by atoms with Gasteiger partial charge < -0.3 is 20.4 Å². The van der Waals surface area contributed by atoms with Crippen LogP contribution in [-0.4, -0.2) is 24.3 Å². The molecule has 0 radical (unpaired) electrons. The Morgan fingerprint density at radius 3 is 2.38 bits per heavy atom. The van der Waals surface area contributed by atoms with E-state index in [1.54, 1.807) is 42.5 Å². The number of benzene rings is 2. The molecule has 5 nitrogen and oxygen atoms in total. The largest absolute Gasteiger partial charge is 0.490 e. The zero-order chi connectivity index (χ0) is 15.1. The topological polar surface area (TPSA) is 77.1 Å². The third-order valence-corrected chi connectivity index (χ3v) is 2.70. The number of para-hydroxylation sites is 1. The van der Waals surface area contributed by atoms with Gasteiger partial charge in [-0.05, 0) is 36.4 Å². The molecule has 2 rings (SSSR count). The van der Waals surface area contributed by atoms with Gasteiger partial charge in [-0.3, -0.25) is 0 Å². The van der Waals surface area contributed by atoms with Crippen molar-refractivity contribution in [3.63, 3.8) is 0 Å². The predicted octanol–water partition coefficient (Wildman–Crippen LogP) is 2.38. The van der Waals surface area contributed by atoms with Gasteiger partial charge in [0.05, 0.1) is 0 Å². The average molecular weight is 290 g/mol. The smallest absolute Gasteiger partial charge is 0.170 e. The minimum Gasteiger partial charge on any atom is -0.490 e. The van der Waals surface area contributed by atoms with E-state index in [0.29, 0.717) is 11.3 Å². The van der Waals surface area contributed by atoms with E-state index in [2.05, 4.69) is 5.16 Å². The molecule has 0 aromatic heterocycles. The highest BCUT2D eigenvalue weighted by Gasteiger charge is 2.02. The van der Waals surface area contributed by atoms with E-state index in [1.807, 2.05) is 0 Å². The van der Waals surface area contributed by atoms with Gasteiger partial charge in [-0.15, -0.1) is 0 Å². The molecule has 2 aromatic carbocycles. The Kier molecular flexibility index (Phi) is 4.98.